The van der Waals surface area contributed by atoms with Crippen LogP contribution in [-0.4, -0.2) is 4.98 Å². The number of aromatic nitrogens is 1. The summed E-state index contributed by atoms with van der Waals surface area (Å²) in [5.41, 5.74) is 13.4. The van der Waals surface area contributed by atoms with Crippen molar-refractivity contribution in [2.75, 3.05) is 0 Å². The fourth-order valence-electron chi connectivity index (χ4n) is 6.85. The van der Waals surface area contributed by atoms with Gasteiger partial charge in [0.25, 0.3) is 0 Å². The van der Waals surface area contributed by atoms with Crippen LogP contribution in [0.1, 0.15) is 42.0 Å². The van der Waals surface area contributed by atoms with Gasteiger partial charge in [-0.25, -0.2) is 4.98 Å². The Morgan fingerprint density at radius 1 is 0.659 bits per heavy atom. The predicted octanol–water partition coefficient (Wildman–Crippen LogP) is 11.9. The summed E-state index contributed by atoms with van der Waals surface area (Å²) in [6.07, 6.45) is 6.43. The SMILES string of the molecule is C/C=C\C(=C/C)c1cc(-c2ccccc2)nc(-c2ccc(C3c4ccccc4-c4c3ccc3sc5ccccc5c43)cc2)c1. The lowest BCUT2D eigenvalue weighted by Gasteiger charge is -2.16. The van der Waals surface area contributed by atoms with Gasteiger partial charge in [0.1, 0.15) is 0 Å². The highest BCUT2D eigenvalue weighted by Crippen LogP contribution is 2.53. The van der Waals surface area contributed by atoms with Gasteiger partial charge in [-0.05, 0) is 77.1 Å². The van der Waals surface area contributed by atoms with Crippen molar-refractivity contribution >= 4 is 37.1 Å². The van der Waals surface area contributed by atoms with E-state index in [4.69, 9.17) is 4.98 Å². The van der Waals surface area contributed by atoms with Gasteiger partial charge in [-0.3, -0.25) is 0 Å². The molecule has 5 aromatic carbocycles. The molecule has 0 saturated heterocycles. The Balaban J connectivity index is 1.25. The van der Waals surface area contributed by atoms with Gasteiger partial charge in [0.15, 0.2) is 0 Å². The number of nitrogens with zero attached hydrogens (tertiary/aromatic N) is 1. The molecule has 8 rings (SSSR count). The Morgan fingerprint density at radius 3 is 2.14 bits per heavy atom. The van der Waals surface area contributed by atoms with Gasteiger partial charge in [-0.2, -0.15) is 0 Å². The van der Waals surface area contributed by atoms with E-state index in [2.05, 4.69) is 159 Å². The maximum Gasteiger partial charge on any atom is 0.0715 e. The van der Waals surface area contributed by atoms with Crippen molar-refractivity contribution in [3.05, 3.63) is 168 Å². The van der Waals surface area contributed by atoms with E-state index in [1.807, 2.05) is 11.3 Å². The van der Waals surface area contributed by atoms with Crippen LogP contribution < -0.4 is 0 Å². The molecule has 0 aliphatic heterocycles. The Labute approximate surface area is 262 Å². The largest absolute Gasteiger partial charge is 0.248 e. The van der Waals surface area contributed by atoms with E-state index in [1.165, 1.54) is 59.1 Å². The molecule has 0 saturated carbocycles. The van der Waals surface area contributed by atoms with E-state index in [0.29, 0.717) is 0 Å². The molecule has 1 unspecified atom stereocenters. The molecule has 7 aromatic rings. The second-order valence-electron chi connectivity index (χ2n) is 11.4. The summed E-state index contributed by atoms with van der Waals surface area (Å²) in [5.74, 6) is 0.196. The van der Waals surface area contributed by atoms with Crippen LogP contribution in [0.3, 0.4) is 0 Å². The van der Waals surface area contributed by atoms with Crippen molar-refractivity contribution in [3.8, 4) is 33.6 Å². The van der Waals surface area contributed by atoms with Crippen molar-refractivity contribution in [1.82, 2.24) is 4.98 Å². The molecule has 2 heterocycles. The van der Waals surface area contributed by atoms with Crippen LogP contribution >= 0.6 is 11.3 Å². The van der Waals surface area contributed by atoms with E-state index in [0.717, 1.165) is 22.5 Å². The first-order chi connectivity index (χ1) is 21.7. The van der Waals surface area contributed by atoms with Crippen LogP contribution in [0.25, 0.3) is 59.4 Å². The molecule has 2 aromatic heterocycles. The van der Waals surface area contributed by atoms with Gasteiger partial charge in [-0.15, -0.1) is 11.3 Å². The molecule has 1 nitrogen and oxygen atoms in total. The molecule has 2 heteroatoms. The number of thiophene rings is 1. The van der Waals surface area contributed by atoms with Crippen molar-refractivity contribution < 1.29 is 0 Å². The van der Waals surface area contributed by atoms with Crippen molar-refractivity contribution in [1.29, 1.82) is 0 Å². The molecule has 0 amide bonds. The van der Waals surface area contributed by atoms with Crippen LogP contribution in [0.5, 0.6) is 0 Å². The van der Waals surface area contributed by atoms with E-state index < -0.39 is 0 Å². The number of hydrogen-bond acceptors (Lipinski definition) is 2. The summed E-state index contributed by atoms with van der Waals surface area (Å²) < 4.78 is 2.70. The lowest BCUT2D eigenvalue weighted by Crippen LogP contribution is -1.99. The van der Waals surface area contributed by atoms with Crippen LogP contribution in [0, 0.1) is 0 Å². The van der Waals surface area contributed by atoms with Crippen LogP contribution in [-0.2, 0) is 0 Å². The minimum Gasteiger partial charge on any atom is -0.248 e. The summed E-state index contributed by atoms with van der Waals surface area (Å²) in [5, 5.41) is 2.75. The highest BCUT2D eigenvalue weighted by molar-refractivity contribution is 7.26. The van der Waals surface area contributed by atoms with E-state index in [-0.39, 0.29) is 5.92 Å². The molecule has 1 aliphatic rings. The Morgan fingerprint density at radius 2 is 1.36 bits per heavy atom. The van der Waals surface area contributed by atoms with Gasteiger partial charge in [-0.1, -0.05) is 121 Å². The zero-order valence-electron chi connectivity index (χ0n) is 24.8. The number of benzene rings is 5. The summed E-state index contributed by atoms with van der Waals surface area (Å²) in [6, 6.07) is 46.5. The van der Waals surface area contributed by atoms with Crippen molar-refractivity contribution in [2.24, 2.45) is 0 Å². The average Bonchev–Trinajstić information content (AvgIpc) is 3.63. The maximum absolute atomic E-state index is 5.16. The van der Waals surface area contributed by atoms with Crippen LogP contribution in [0.2, 0.25) is 0 Å². The molecule has 0 N–H and O–H groups in total. The number of allylic oxidation sites excluding steroid dienone is 4. The van der Waals surface area contributed by atoms with Gasteiger partial charge in [0.2, 0.25) is 0 Å². The Bertz CT molecular complexity index is 2230. The third-order valence-corrected chi connectivity index (χ3v) is 9.99. The normalized spacial score (nSPS) is 14.4. The number of pyridine rings is 1. The summed E-state index contributed by atoms with van der Waals surface area (Å²) in [6.45, 7) is 4.16. The number of rotatable bonds is 5. The van der Waals surface area contributed by atoms with Crippen molar-refractivity contribution in [3.63, 3.8) is 0 Å². The summed E-state index contributed by atoms with van der Waals surface area (Å²) >= 11 is 1.89. The molecule has 44 heavy (non-hydrogen) atoms. The predicted molar refractivity (Wildman–Crippen MR) is 189 cm³/mol. The van der Waals surface area contributed by atoms with E-state index >= 15 is 0 Å². The average molecular weight is 582 g/mol. The standard InChI is InChI=1S/C42H31NS/c1-3-12-27(4-2)31-25-36(28-13-6-5-7-14-28)43-37(26-31)29-19-21-30(22-20-29)40-32-15-8-9-16-33(32)41-35(40)23-24-39-42(41)34-17-10-11-18-38(34)44-39/h3-26,40H,1-2H3/b12-3-,27-4+. The van der Waals surface area contributed by atoms with Crippen LogP contribution in [0.15, 0.2) is 146 Å². The Kier molecular flexibility index (Phi) is 6.58. The van der Waals surface area contributed by atoms with Gasteiger partial charge in [0, 0.05) is 37.2 Å². The molecule has 0 fully saturated rings. The number of hydrogen-bond donors (Lipinski definition) is 0. The lowest BCUT2D eigenvalue weighted by atomic mass is 9.88. The van der Waals surface area contributed by atoms with E-state index in [9.17, 15) is 0 Å². The van der Waals surface area contributed by atoms with E-state index in [1.54, 1.807) is 0 Å². The molecule has 0 bridgehead atoms. The van der Waals surface area contributed by atoms with Gasteiger partial charge < -0.3 is 0 Å². The minimum absolute atomic E-state index is 0.196. The molecule has 0 spiro atoms. The maximum atomic E-state index is 5.16. The zero-order valence-corrected chi connectivity index (χ0v) is 25.6. The molecule has 0 radical (unpaired) electrons. The first-order valence-corrected chi connectivity index (χ1v) is 16.1. The molecule has 210 valence electrons. The minimum atomic E-state index is 0.196. The second-order valence-corrected chi connectivity index (χ2v) is 12.5. The first kappa shape index (κ1) is 26.6. The summed E-state index contributed by atoms with van der Waals surface area (Å²) in [7, 11) is 0. The van der Waals surface area contributed by atoms with Crippen LogP contribution in [0.4, 0.5) is 0 Å². The third-order valence-electron chi connectivity index (χ3n) is 8.85. The van der Waals surface area contributed by atoms with Gasteiger partial charge >= 0.3 is 0 Å². The monoisotopic (exact) mass is 581 g/mol. The number of fused-ring (bicyclic) bond motifs is 7. The molecule has 1 aliphatic carbocycles. The fourth-order valence-corrected chi connectivity index (χ4v) is 7.97. The third kappa shape index (κ3) is 4.34. The Hall–Kier alpha value is -5.05. The smallest absolute Gasteiger partial charge is 0.0715 e. The lowest BCUT2D eigenvalue weighted by molar-refractivity contribution is 1.02. The van der Waals surface area contributed by atoms with Gasteiger partial charge in [0.05, 0.1) is 11.4 Å². The quantitative estimate of drug-likeness (QED) is 0.184. The highest BCUT2D eigenvalue weighted by Gasteiger charge is 2.32. The molecule has 1 atom stereocenters. The second kappa shape index (κ2) is 10.9. The first-order valence-electron chi connectivity index (χ1n) is 15.2. The zero-order chi connectivity index (χ0) is 29.6. The van der Waals surface area contributed by atoms with Crippen molar-refractivity contribution in [2.45, 2.75) is 19.8 Å². The summed E-state index contributed by atoms with van der Waals surface area (Å²) in [4.78, 5) is 5.16. The molecular formula is C42H31NS. The fraction of sp³-hybridized carbons (Fsp3) is 0.0714. The molecular weight excluding hydrogens is 551 g/mol. The topological polar surface area (TPSA) is 12.9 Å². The highest BCUT2D eigenvalue weighted by atomic mass is 32.1.